The Labute approximate surface area is 262 Å². The Balaban J connectivity index is 1.55. The molecule has 2 aromatic rings. The first kappa shape index (κ1) is 32.6. The van der Waals surface area contributed by atoms with Gasteiger partial charge in [-0.1, -0.05) is 12.1 Å². The molecule has 13 heteroatoms. The van der Waals surface area contributed by atoms with Crippen LogP contribution in [0.3, 0.4) is 0 Å². The van der Waals surface area contributed by atoms with Gasteiger partial charge in [0.05, 0.1) is 12.2 Å². The molecule has 0 radical (unpaired) electrons. The van der Waals surface area contributed by atoms with Crippen LogP contribution in [0.4, 0.5) is 4.39 Å². The monoisotopic (exact) mass is 626 g/mol. The third-order valence-corrected chi connectivity index (χ3v) is 9.67. The molecule has 3 aliphatic heterocycles. The van der Waals surface area contributed by atoms with Gasteiger partial charge in [-0.25, -0.2) is 9.37 Å². The number of carbonyl (C=O) groups is 3. The van der Waals surface area contributed by atoms with Gasteiger partial charge in [0.15, 0.2) is 5.69 Å². The van der Waals surface area contributed by atoms with Crippen LogP contribution in [-0.2, 0) is 33.0 Å². The van der Waals surface area contributed by atoms with Crippen LogP contribution in [-0.4, -0.2) is 100 Å². The molecule has 12 nitrogen and oxygen atoms in total. The molecule has 0 unspecified atom stereocenters. The van der Waals surface area contributed by atoms with E-state index in [1.165, 1.54) is 47.6 Å². The van der Waals surface area contributed by atoms with E-state index in [0.717, 1.165) is 13.1 Å². The standard InChI is InChI=1S/C32H43FN6O6/c1-19-13-22(7-8-23(19)33)14-34-26(41)24-25(40)27(42)39-18-31(17-38-15-20(2)45-21(3)16-38)9-11-32(12-10-31,30(39)35-24)37(6)29(44)28(43)36(4)5/h7-8,13,20-21,40H,9-12,14-18H2,1-6H3,(H,34,41)/t20-,21+,31?,32?. The number of halogens is 1. The van der Waals surface area contributed by atoms with Crippen LogP contribution in [0.15, 0.2) is 23.0 Å². The molecule has 2 atom stereocenters. The van der Waals surface area contributed by atoms with Crippen LogP contribution >= 0.6 is 0 Å². The number of aryl methyl sites for hydroxylation is 1. The maximum absolute atomic E-state index is 13.9. The maximum atomic E-state index is 13.9. The molecule has 2 bridgehead atoms. The molecule has 1 saturated carbocycles. The fourth-order valence-electron chi connectivity index (χ4n) is 7.31. The summed E-state index contributed by atoms with van der Waals surface area (Å²) >= 11 is 0. The van der Waals surface area contributed by atoms with Crippen LogP contribution in [0.2, 0.25) is 0 Å². The molecule has 0 spiro atoms. The van der Waals surface area contributed by atoms with Crippen molar-refractivity contribution in [1.82, 2.24) is 29.6 Å². The van der Waals surface area contributed by atoms with Crippen molar-refractivity contribution < 1.29 is 28.6 Å². The zero-order valence-corrected chi connectivity index (χ0v) is 26.9. The summed E-state index contributed by atoms with van der Waals surface area (Å²) in [5.41, 5.74) is -1.72. The number of rotatable bonds is 6. The minimum absolute atomic E-state index is 0.0138. The van der Waals surface area contributed by atoms with Gasteiger partial charge in [0.2, 0.25) is 5.75 Å². The summed E-state index contributed by atoms with van der Waals surface area (Å²) in [6.45, 7) is 8.10. The van der Waals surface area contributed by atoms with E-state index in [1.807, 2.05) is 13.8 Å². The second-order valence-electron chi connectivity index (χ2n) is 13.3. The van der Waals surface area contributed by atoms with E-state index in [1.54, 1.807) is 13.0 Å². The van der Waals surface area contributed by atoms with Crippen LogP contribution in [0.1, 0.15) is 67.0 Å². The van der Waals surface area contributed by atoms with E-state index in [9.17, 15) is 28.7 Å². The first-order valence-corrected chi connectivity index (χ1v) is 15.4. The van der Waals surface area contributed by atoms with Crippen molar-refractivity contribution in [1.29, 1.82) is 0 Å². The number of ether oxygens (including phenoxy) is 1. The van der Waals surface area contributed by atoms with E-state index in [4.69, 9.17) is 4.74 Å². The molecule has 4 aliphatic rings. The van der Waals surface area contributed by atoms with Gasteiger partial charge in [-0.3, -0.25) is 28.6 Å². The van der Waals surface area contributed by atoms with Crippen LogP contribution in [0.5, 0.6) is 5.75 Å². The quantitative estimate of drug-likeness (QED) is 0.463. The van der Waals surface area contributed by atoms with Gasteiger partial charge < -0.3 is 25.0 Å². The summed E-state index contributed by atoms with van der Waals surface area (Å²) in [6.07, 6.45) is 2.21. The smallest absolute Gasteiger partial charge is 0.312 e. The van der Waals surface area contributed by atoms with Crippen molar-refractivity contribution in [3.8, 4) is 5.75 Å². The first-order chi connectivity index (χ1) is 21.2. The fraction of sp³-hybridized carbons (Fsp3) is 0.594. The van der Waals surface area contributed by atoms with Gasteiger partial charge in [0, 0.05) is 59.3 Å². The lowest BCUT2D eigenvalue weighted by atomic mass is 9.67. The fourth-order valence-corrected chi connectivity index (χ4v) is 7.31. The van der Waals surface area contributed by atoms with Crippen LogP contribution < -0.4 is 10.9 Å². The number of nitrogens with zero attached hydrogens (tertiary/aromatic N) is 5. The Morgan fingerprint density at radius 1 is 1.09 bits per heavy atom. The highest BCUT2D eigenvalue weighted by molar-refractivity contribution is 6.34. The molecule has 4 heterocycles. The number of benzene rings is 1. The van der Waals surface area contributed by atoms with Crippen molar-refractivity contribution in [3.05, 3.63) is 57.0 Å². The normalized spacial score (nSPS) is 26.1. The number of hydrogen-bond acceptors (Lipinski definition) is 8. The number of carbonyl (C=O) groups excluding carboxylic acids is 3. The van der Waals surface area contributed by atoms with Crippen molar-refractivity contribution in [3.63, 3.8) is 0 Å². The van der Waals surface area contributed by atoms with Crippen molar-refractivity contribution in [2.75, 3.05) is 40.8 Å². The molecule has 1 aromatic carbocycles. The van der Waals surface area contributed by atoms with Gasteiger partial charge in [-0.05, 0) is 63.6 Å². The molecule has 1 aliphatic carbocycles. The number of likely N-dealkylation sites (N-methyl/N-ethyl adjacent to an activating group) is 2. The largest absolute Gasteiger partial charge is 0.501 e. The third-order valence-electron chi connectivity index (χ3n) is 9.67. The van der Waals surface area contributed by atoms with E-state index < -0.39 is 40.3 Å². The highest BCUT2D eigenvalue weighted by Crippen LogP contribution is 2.52. The van der Waals surface area contributed by atoms with Crippen molar-refractivity contribution in [2.24, 2.45) is 5.41 Å². The lowest BCUT2D eigenvalue weighted by molar-refractivity contribution is -0.155. The Bertz CT molecular complexity index is 1560. The molecule has 45 heavy (non-hydrogen) atoms. The lowest BCUT2D eigenvalue weighted by Gasteiger charge is -2.48. The Morgan fingerprint density at radius 3 is 2.33 bits per heavy atom. The summed E-state index contributed by atoms with van der Waals surface area (Å²) < 4.78 is 21.1. The SMILES string of the molecule is Cc1cc(CNC(=O)c2nc3n(c(=O)c2O)CC2(CN4C[C@@H](C)O[C@@H](C)C4)CCC3(N(C)C(=O)C(=O)N(C)C)CC2)ccc1F. The summed E-state index contributed by atoms with van der Waals surface area (Å²) in [6, 6.07) is 4.44. The number of nitrogens with one attached hydrogen (secondary N) is 1. The van der Waals surface area contributed by atoms with Gasteiger partial charge in [-0.2, -0.15) is 0 Å². The molecule has 244 valence electrons. The molecular weight excluding hydrogens is 583 g/mol. The van der Waals surface area contributed by atoms with E-state index in [0.29, 0.717) is 43.4 Å². The number of hydrogen-bond donors (Lipinski definition) is 2. The maximum Gasteiger partial charge on any atom is 0.312 e. The predicted molar refractivity (Wildman–Crippen MR) is 163 cm³/mol. The molecule has 1 aromatic heterocycles. The first-order valence-electron chi connectivity index (χ1n) is 15.4. The Hall–Kier alpha value is -3.84. The van der Waals surface area contributed by atoms with Crippen molar-refractivity contribution in [2.45, 2.75) is 77.3 Å². The molecule has 3 amide bonds. The lowest BCUT2D eigenvalue weighted by Crippen LogP contribution is -2.55. The summed E-state index contributed by atoms with van der Waals surface area (Å²) in [4.78, 5) is 63.2. The number of aromatic nitrogens is 2. The number of fused-ring (bicyclic) bond motifs is 2. The van der Waals surface area contributed by atoms with E-state index >= 15 is 0 Å². The molecule has 1 saturated heterocycles. The molecule has 2 fully saturated rings. The third kappa shape index (κ3) is 6.07. The van der Waals surface area contributed by atoms with E-state index in [2.05, 4.69) is 15.2 Å². The summed E-state index contributed by atoms with van der Waals surface area (Å²) in [5, 5.41) is 13.8. The molecule has 6 rings (SSSR count). The number of amides is 3. The summed E-state index contributed by atoms with van der Waals surface area (Å²) in [7, 11) is 4.52. The predicted octanol–water partition coefficient (Wildman–Crippen LogP) is 1.75. The Morgan fingerprint density at radius 2 is 1.73 bits per heavy atom. The van der Waals surface area contributed by atoms with Crippen LogP contribution in [0, 0.1) is 18.2 Å². The van der Waals surface area contributed by atoms with Gasteiger partial charge in [-0.15, -0.1) is 0 Å². The van der Waals surface area contributed by atoms with E-state index in [-0.39, 0.29) is 42.4 Å². The van der Waals surface area contributed by atoms with Crippen molar-refractivity contribution >= 4 is 17.7 Å². The highest BCUT2D eigenvalue weighted by atomic mass is 19.1. The van der Waals surface area contributed by atoms with Gasteiger partial charge in [0.25, 0.3) is 11.5 Å². The zero-order valence-electron chi connectivity index (χ0n) is 26.9. The minimum Gasteiger partial charge on any atom is -0.501 e. The number of aromatic hydroxyl groups is 1. The Kier molecular flexibility index (Phi) is 8.80. The minimum atomic E-state index is -1.16. The highest BCUT2D eigenvalue weighted by Gasteiger charge is 2.55. The van der Waals surface area contributed by atoms with Gasteiger partial charge in [0.1, 0.15) is 17.2 Å². The molecular formula is C32H43FN6O6. The second kappa shape index (κ2) is 12.2. The average molecular weight is 627 g/mol. The van der Waals surface area contributed by atoms with Gasteiger partial charge >= 0.3 is 11.8 Å². The summed E-state index contributed by atoms with van der Waals surface area (Å²) in [5.74, 6) is -3.23. The average Bonchev–Trinajstić information content (AvgIpc) is 3.21. The topological polar surface area (TPSA) is 137 Å². The van der Waals surface area contributed by atoms with Crippen LogP contribution in [0.25, 0.3) is 0 Å². The number of morpholine rings is 1. The molecule has 2 N–H and O–H groups in total. The zero-order chi connectivity index (χ0) is 32.8. The second-order valence-corrected chi connectivity index (χ2v) is 13.3.